The normalized spacial score (nSPS) is 37.2. The third-order valence-corrected chi connectivity index (χ3v) is 2.83. The van der Waals surface area contributed by atoms with E-state index in [1.165, 1.54) is 0 Å². The molecule has 0 heterocycles. The van der Waals surface area contributed by atoms with Gasteiger partial charge in [-0.25, -0.2) is 0 Å². The summed E-state index contributed by atoms with van der Waals surface area (Å²) in [5.74, 6) is 0.783. The van der Waals surface area contributed by atoms with Crippen LogP contribution in [-0.4, -0.2) is 18.0 Å². The van der Waals surface area contributed by atoms with Crippen LogP contribution >= 0.6 is 11.6 Å². The van der Waals surface area contributed by atoms with Crippen LogP contribution in [0, 0.1) is 11.8 Å². The van der Waals surface area contributed by atoms with Crippen molar-refractivity contribution in [1.82, 2.24) is 0 Å². The minimum absolute atomic E-state index is 0.0302. The van der Waals surface area contributed by atoms with Crippen LogP contribution in [0.4, 0.5) is 0 Å². The summed E-state index contributed by atoms with van der Waals surface area (Å²) in [6.45, 7) is 0. The molecule has 66 valence electrons. The Hall–Kier alpha value is -0.500. The Morgan fingerprint density at radius 3 is 2.83 bits per heavy atom. The molecule has 2 aliphatic carbocycles. The average molecular weight is 187 g/mol. The van der Waals surface area contributed by atoms with Crippen LogP contribution < -0.4 is 0 Å². The van der Waals surface area contributed by atoms with Gasteiger partial charge < -0.3 is 4.74 Å². The summed E-state index contributed by atoms with van der Waals surface area (Å²) in [5.41, 5.74) is 0. The van der Waals surface area contributed by atoms with Crippen LogP contribution in [0.15, 0.2) is 12.2 Å². The molecule has 3 unspecified atom stereocenters. The second kappa shape index (κ2) is 3.09. The molecular formula is C9H11ClO2. The van der Waals surface area contributed by atoms with Gasteiger partial charge in [-0.3, -0.25) is 4.79 Å². The highest BCUT2D eigenvalue weighted by Gasteiger charge is 2.37. The number of fused-ring (bicyclic) bond motifs is 2. The minimum atomic E-state index is -0.289. The second-order valence-corrected chi connectivity index (χ2v) is 3.71. The van der Waals surface area contributed by atoms with Crippen molar-refractivity contribution in [2.75, 3.05) is 5.88 Å². The number of hydrogen-bond acceptors (Lipinski definition) is 2. The van der Waals surface area contributed by atoms with Gasteiger partial charge in [0.1, 0.15) is 12.0 Å². The lowest BCUT2D eigenvalue weighted by molar-refractivity contribution is -0.147. The zero-order chi connectivity index (χ0) is 8.55. The van der Waals surface area contributed by atoms with E-state index in [-0.39, 0.29) is 18.0 Å². The van der Waals surface area contributed by atoms with Crippen molar-refractivity contribution >= 4 is 17.6 Å². The molecule has 2 bridgehead atoms. The molecule has 12 heavy (non-hydrogen) atoms. The van der Waals surface area contributed by atoms with Crippen LogP contribution in [0.1, 0.15) is 12.8 Å². The molecule has 0 aromatic rings. The van der Waals surface area contributed by atoms with Gasteiger partial charge in [-0.15, -0.1) is 11.6 Å². The highest BCUT2D eigenvalue weighted by atomic mass is 35.5. The molecule has 2 aliphatic rings. The molecule has 0 spiro atoms. The molecular weight excluding hydrogens is 176 g/mol. The van der Waals surface area contributed by atoms with Crippen molar-refractivity contribution in [3.63, 3.8) is 0 Å². The molecule has 3 atom stereocenters. The first-order valence-electron chi connectivity index (χ1n) is 4.23. The topological polar surface area (TPSA) is 26.3 Å². The fourth-order valence-corrected chi connectivity index (χ4v) is 2.13. The van der Waals surface area contributed by atoms with Crippen molar-refractivity contribution in [1.29, 1.82) is 0 Å². The van der Waals surface area contributed by atoms with E-state index in [0.717, 1.165) is 12.8 Å². The largest absolute Gasteiger partial charge is 0.461 e. The molecule has 0 saturated heterocycles. The maximum absolute atomic E-state index is 10.9. The van der Waals surface area contributed by atoms with E-state index >= 15 is 0 Å². The number of carbonyl (C=O) groups is 1. The van der Waals surface area contributed by atoms with E-state index in [2.05, 4.69) is 12.2 Å². The van der Waals surface area contributed by atoms with Gasteiger partial charge in [-0.1, -0.05) is 12.2 Å². The van der Waals surface area contributed by atoms with E-state index in [4.69, 9.17) is 16.3 Å². The third-order valence-electron chi connectivity index (χ3n) is 2.61. The van der Waals surface area contributed by atoms with Gasteiger partial charge in [0.05, 0.1) is 0 Å². The zero-order valence-electron chi connectivity index (χ0n) is 6.70. The van der Waals surface area contributed by atoms with Gasteiger partial charge in [0, 0.05) is 5.92 Å². The lowest BCUT2D eigenvalue weighted by Gasteiger charge is -2.17. The van der Waals surface area contributed by atoms with Gasteiger partial charge in [0.25, 0.3) is 0 Å². The SMILES string of the molecule is O=C(CCl)OC1CC2C=CC1C2. The highest BCUT2D eigenvalue weighted by Crippen LogP contribution is 2.40. The summed E-state index contributed by atoms with van der Waals surface area (Å²) in [7, 11) is 0. The van der Waals surface area contributed by atoms with Crippen molar-refractivity contribution in [2.45, 2.75) is 18.9 Å². The van der Waals surface area contributed by atoms with Crippen LogP contribution in [0.25, 0.3) is 0 Å². The van der Waals surface area contributed by atoms with Crippen LogP contribution in [0.3, 0.4) is 0 Å². The molecule has 1 fully saturated rings. The van der Waals surface area contributed by atoms with Crippen molar-refractivity contribution in [2.24, 2.45) is 11.8 Å². The molecule has 0 aromatic carbocycles. The number of carbonyl (C=O) groups excluding carboxylic acids is 1. The van der Waals surface area contributed by atoms with Crippen molar-refractivity contribution < 1.29 is 9.53 Å². The summed E-state index contributed by atoms with van der Waals surface area (Å²) in [5, 5.41) is 0. The number of ether oxygens (including phenoxy) is 1. The van der Waals surface area contributed by atoms with E-state index in [1.54, 1.807) is 0 Å². The number of esters is 1. The fraction of sp³-hybridized carbons (Fsp3) is 0.667. The van der Waals surface area contributed by atoms with Crippen molar-refractivity contribution in [3.8, 4) is 0 Å². The quantitative estimate of drug-likeness (QED) is 0.373. The molecule has 0 N–H and O–H groups in total. The number of alkyl halides is 1. The molecule has 1 saturated carbocycles. The monoisotopic (exact) mass is 186 g/mol. The van der Waals surface area contributed by atoms with Crippen LogP contribution in [-0.2, 0) is 9.53 Å². The molecule has 2 rings (SSSR count). The van der Waals surface area contributed by atoms with Gasteiger partial charge in [-0.05, 0) is 18.8 Å². The number of allylic oxidation sites excluding steroid dienone is 1. The summed E-state index contributed by atoms with van der Waals surface area (Å²) in [6.07, 6.45) is 6.62. The predicted molar refractivity (Wildman–Crippen MR) is 46.0 cm³/mol. The Labute approximate surface area is 76.5 Å². The molecule has 0 radical (unpaired) electrons. The molecule has 0 aliphatic heterocycles. The van der Waals surface area contributed by atoms with Gasteiger partial charge >= 0.3 is 5.97 Å². The van der Waals surface area contributed by atoms with Crippen molar-refractivity contribution in [3.05, 3.63) is 12.2 Å². The lowest BCUT2D eigenvalue weighted by Crippen LogP contribution is -2.22. The number of halogens is 1. The Balaban J connectivity index is 1.91. The van der Waals surface area contributed by atoms with E-state index < -0.39 is 0 Å². The first-order chi connectivity index (χ1) is 5.79. The van der Waals surface area contributed by atoms with E-state index in [1.807, 2.05) is 0 Å². The second-order valence-electron chi connectivity index (χ2n) is 3.44. The first-order valence-corrected chi connectivity index (χ1v) is 4.77. The van der Waals surface area contributed by atoms with Gasteiger partial charge in [0.2, 0.25) is 0 Å². The maximum Gasteiger partial charge on any atom is 0.321 e. The van der Waals surface area contributed by atoms with Gasteiger partial charge in [-0.2, -0.15) is 0 Å². The zero-order valence-corrected chi connectivity index (χ0v) is 7.46. The molecule has 0 aromatic heterocycles. The predicted octanol–water partition coefficient (Wildman–Crippen LogP) is 1.73. The van der Waals surface area contributed by atoms with E-state index in [0.29, 0.717) is 11.8 Å². The van der Waals surface area contributed by atoms with Crippen LogP contribution in [0.2, 0.25) is 0 Å². The number of hydrogen-bond donors (Lipinski definition) is 0. The summed E-state index contributed by atoms with van der Waals surface area (Å²) in [6, 6.07) is 0. The number of rotatable bonds is 2. The summed E-state index contributed by atoms with van der Waals surface area (Å²) >= 11 is 5.34. The molecule has 0 amide bonds. The molecule has 3 heteroatoms. The van der Waals surface area contributed by atoms with Crippen LogP contribution in [0.5, 0.6) is 0 Å². The van der Waals surface area contributed by atoms with Gasteiger partial charge in [0.15, 0.2) is 0 Å². The Morgan fingerprint density at radius 1 is 1.50 bits per heavy atom. The first kappa shape index (κ1) is 8.11. The fourth-order valence-electron chi connectivity index (χ4n) is 2.07. The summed E-state index contributed by atoms with van der Waals surface area (Å²) in [4.78, 5) is 10.9. The lowest BCUT2D eigenvalue weighted by atomic mass is 10.0. The minimum Gasteiger partial charge on any atom is -0.461 e. The smallest absolute Gasteiger partial charge is 0.321 e. The average Bonchev–Trinajstić information content (AvgIpc) is 2.64. The Bertz CT molecular complexity index is 225. The Kier molecular flexibility index (Phi) is 2.09. The molecule has 2 nitrogen and oxygen atoms in total. The summed E-state index contributed by atoms with van der Waals surface area (Å²) < 4.78 is 5.17. The third kappa shape index (κ3) is 1.36. The standard InChI is InChI=1S/C9H11ClO2/c10-5-9(11)12-8-4-6-1-2-7(8)3-6/h1-2,6-8H,3-5H2. The Morgan fingerprint density at radius 2 is 2.33 bits per heavy atom. The maximum atomic E-state index is 10.9. The highest BCUT2D eigenvalue weighted by molar-refractivity contribution is 6.26. The van der Waals surface area contributed by atoms with E-state index in [9.17, 15) is 4.79 Å².